The molecule has 0 radical (unpaired) electrons. The van der Waals surface area contributed by atoms with Crippen LogP contribution in [-0.4, -0.2) is 25.5 Å². The van der Waals surface area contributed by atoms with Crippen molar-refractivity contribution in [3.05, 3.63) is 0 Å². The lowest BCUT2D eigenvalue weighted by Crippen LogP contribution is -2.28. The van der Waals surface area contributed by atoms with Crippen LogP contribution in [0, 0.1) is 5.92 Å². The second-order valence-corrected chi connectivity index (χ2v) is 2.79. The molecular weight excluding hydrogens is 176 g/mol. The molecule has 0 fully saturated rings. The first kappa shape index (κ1) is 11.7. The highest BCUT2D eigenvalue weighted by Crippen LogP contribution is 2.09. The minimum absolute atomic E-state index is 0.108. The summed E-state index contributed by atoms with van der Waals surface area (Å²) in [6, 6.07) is 0. The monoisotopic (exact) mass is 190 g/mol. The minimum atomic E-state index is -0.884. The highest BCUT2D eigenvalue weighted by atomic mass is 16.8. The van der Waals surface area contributed by atoms with Crippen molar-refractivity contribution in [1.29, 1.82) is 0 Å². The van der Waals surface area contributed by atoms with E-state index in [-0.39, 0.29) is 5.92 Å². The number of hydrogen-bond donors (Lipinski definition) is 0. The van der Waals surface area contributed by atoms with Crippen molar-refractivity contribution in [1.82, 2.24) is 0 Å². The molecule has 0 aromatic heterocycles. The number of esters is 1. The first-order valence-electron chi connectivity index (χ1n) is 3.89. The molecule has 5 nitrogen and oxygen atoms in total. The highest BCUT2D eigenvalue weighted by Gasteiger charge is 2.21. The van der Waals surface area contributed by atoms with Crippen molar-refractivity contribution in [3.8, 4) is 0 Å². The Morgan fingerprint density at radius 2 is 1.69 bits per heavy atom. The van der Waals surface area contributed by atoms with Crippen LogP contribution >= 0.6 is 0 Å². The van der Waals surface area contributed by atoms with Gasteiger partial charge in [-0.3, -0.25) is 4.79 Å². The lowest BCUT2D eigenvalue weighted by atomic mass is 10.2. The number of rotatable bonds is 3. The fourth-order valence-corrected chi connectivity index (χ4v) is 0.603. The van der Waals surface area contributed by atoms with Crippen molar-refractivity contribution in [3.63, 3.8) is 0 Å². The zero-order valence-corrected chi connectivity index (χ0v) is 8.20. The molecule has 0 unspecified atom stereocenters. The number of methoxy groups -OCH3 is 1. The van der Waals surface area contributed by atoms with Crippen LogP contribution in [-0.2, 0) is 19.0 Å². The summed E-state index contributed by atoms with van der Waals surface area (Å²) in [7, 11) is 1.19. The number of hydrogen-bond acceptors (Lipinski definition) is 5. The van der Waals surface area contributed by atoms with Crippen LogP contribution in [0.15, 0.2) is 0 Å². The maximum absolute atomic E-state index is 10.7. The lowest BCUT2D eigenvalue weighted by Gasteiger charge is -2.19. The van der Waals surface area contributed by atoms with Crippen molar-refractivity contribution < 1.29 is 23.8 Å². The van der Waals surface area contributed by atoms with Gasteiger partial charge >= 0.3 is 12.1 Å². The van der Waals surface area contributed by atoms with Gasteiger partial charge in [-0.15, -0.1) is 0 Å². The van der Waals surface area contributed by atoms with Gasteiger partial charge in [-0.05, 0) is 0 Å². The Balaban J connectivity index is 4.09. The first-order valence-corrected chi connectivity index (χ1v) is 3.89. The summed E-state index contributed by atoms with van der Waals surface area (Å²) >= 11 is 0. The number of carbonyl (C=O) groups is 2. The van der Waals surface area contributed by atoms with Crippen LogP contribution in [0.25, 0.3) is 0 Å². The molecule has 0 bridgehead atoms. The Morgan fingerprint density at radius 3 is 2.00 bits per heavy atom. The minimum Gasteiger partial charge on any atom is -0.438 e. The van der Waals surface area contributed by atoms with Crippen molar-refractivity contribution in [2.45, 2.75) is 27.1 Å². The molecule has 1 atom stereocenters. The van der Waals surface area contributed by atoms with E-state index in [1.807, 2.05) is 0 Å². The lowest BCUT2D eigenvalue weighted by molar-refractivity contribution is -0.175. The maximum atomic E-state index is 10.7. The molecule has 0 saturated carbocycles. The third-order valence-electron chi connectivity index (χ3n) is 1.21. The molecule has 0 saturated heterocycles. The summed E-state index contributed by atoms with van der Waals surface area (Å²) in [6.45, 7) is 4.77. The molecule has 0 aromatic carbocycles. The fourth-order valence-electron chi connectivity index (χ4n) is 0.603. The van der Waals surface area contributed by atoms with Gasteiger partial charge in [0.2, 0.25) is 0 Å². The SMILES string of the molecule is COC(=O)O[C@H](OC(C)=O)C(C)C. The summed E-state index contributed by atoms with van der Waals surface area (Å²) in [5.74, 6) is -0.606. The Bertz CT molecular complexity index is 187. The largest absolute Gasteiger partial charge is 0.511 e. The van der Waals surface area contributed by atoms with Crippen LogP contribution in [0.2, 0.25) is 0 Å². The predicted octanol–water partition coefficient (Wildman–Crippen LogP) is 1.31. The molecule has 0 amide bonds. The van der Waals surface area contributed by atoms with Gasteiger partial charge in [-0.1, -0.05) is 13.8 Å². The van der Waals surface area contributed by atoms with Crippen LogP contribution in [0.3, 0.4) is 0 Å². The van der Waals surface area contributed by atoms with Gasteiger partial charge in [0.1, 0.15) is 0 Å². The molecule has 0 aliphatic rings. The number of carbonyl (C=O) groups excluding carboxylic acids is 2. The average molecular weight is 190 g/mol. The Kier molecular flexibility index (Phi) is 4.87. The summed E-state index contributed by atoms with van der Waals surface area (Å²) in [6.07, 6.45) is -1.75. The van der Waals surface area contributed by atoms with Gasteiger partial charge in [-0.2, -0.15) is 0 Å². The molecule has 13 heavy (non-hydrogen) atoms. The van der Waals surface area contributed by atoms with Gasteiger partial charge in [0.25, 0.3) is 6.29 Å². The topological polar surface area (TPSA) is 61.8 Å². The molecule has 0 rings (SSSR count). The Labute approximate surface area is 77.0 Å². The van der Waals surface area contributed by atoms with E-state index in [1.54, 1.807) is 13.8 Å². The van der Waals surface area contributed by atoms with Crippen LogP contribution in [0.4, 0.5) is 4.79 Å². The van der Waals surface area contributed by atoms with Gasteiger partial charge in [0, 0.05) is 12.8 Å². The van der Waals surface area contributed by atoms with E-state index in [0.717, 1.165) is 0 Å². The van der Waals surface area contributed by atoms with E-state index in [2.05, 4.69) is 9.47 Å². The molecule has 0 heterocycles. The third kappa shape index (κ3) is 5.05. The van der Waals surface area contributed by atoms with Crippen LogP contribution in [0.1, 0.15) is 20.8 Å². The van der Waals surface area contributed by atoms with Gasteiger partial charge in [0.15, 0.2) is 0 Å². The summed E-state index contributed by atoms with van der Waals surface area (Å²) in [4.78, 5) is 21.2. The van der Waals surface area contributed by atoms with E-state index in [0.29, 0.717) is 0 Å². The van der Waals surface area contributed by atoms with Crippen LogP contribution < -0.4 is 0 Å². The molecule has 5 heteroatoms. The molecule has 0 N–H and O–H groups in total. The second-order valence-electron chi connectivity index (χ2n) is 2.79. The molecular formula is C8H14O5. The van der Waals surface area contributed by atoms with Gasteiger partial charge in [-0.25, -0.2) is 4.79 Å². The van der Waals surface area contributed by atoms with Crippen molar-refractivity contribution >= 4 is 12.1 Å². The smallest absolute Gasteiger partial charge is 0.438 e. The highest BCUT2D eigenvalue weighted by molar-refractivity contribution is 5.66. The average Bonchev–Trinajstić information content (AvgIpc) is 2.02. The van der Waals surface area contributed by atoms with E-state index < -0.39 is 18.4 Å². The van der Waals surface area contributed by atoms with E-state index in [9.17, 15) is 9.59 Å². The van der Waals surface area contributed by atoms with E-state index in [1.165, 1.54) is 14.0 Å². The van der Waals surface area contributed by atoms with E-state index >= 15 is 0 Å². The Morgan fingerprint density at radius 1 is 1.15 bits per heavy atom. The summed E-state index contributed by atoms with van der Waals surface area (Å²) in [5, 5.41) is 0. The summed E-state index contributed by atoms with van der Waals surface area (Å²) < 4.78 is 13.6. The molecule has 0 aliphatic heterocycles. The normalized spacial score (nSPS) is 12.1. The van der Waals surface area contributed by atoms with E-state index in [4.69, 9.17) is 4.74 Å². The Hall–Kier alpha value is -1.26. The molecule has 0 spiro atoms. The first-order chi connectivity index (χ1) is 5.97. The zero-order valence-electron chi connectivity index (χ0n) is 8.20. The fraction of sp³-hybridized carbons (Fsp3) is 0.750. The molecule has 0 aliphatic carbocycles. The van der Waals surface area contributed by atoms with Crippen LogP contribution in [0.5, 0.6) is 0 Å². The molecule has 0 aromatic rings. The number of ether oxygens (including phenoxy) is 3. The maximum Gasteiger partial charge on any atom is 0.511 e. The zero-order chi connectivity index (χ0) is 10.4. The molecule has 76 valence electrons. The predicted molar refractivity (Wildman–Crippen MR) is 43.9 cm³/mol. The second kappa shape index (κ2) is 5.40. The van der Waals surface area contributed by atoms with Gasteiger partial charge in [0.05, 0.1) is 7.11 Å². The standard InChI is InChI=1S/C8H14O5/c1-5(2)7(12-6(3)9)13-8(10)11-4/h5,7H,1-4H3/t7-/m0/s1. The van der Waals surface area contributed by atoms with Crippen molar-refractivity contribution in [2.24, 2.45) is 5.92 Å². The summed E-state index contributed by atoms with van der Waals surface area (Å²) in [5.41, 5.74) is 0. The third-order valence-corrected chi connectivity index (χ3v) is 1.21. The quantitative estimate of drug-likeness (QED) is 0.496. The van der Waals surface area contributed by atoms with Gasteiger partial charge < -0.3 is 14.2 Å². The van der Waals surface area contributed by atoms with Crippen molar-refractivity contribution in [2.75, 3.05) is 7.11 Å².